The molecule has 1 heterocycles. The molecule has 1 atom stereocenters. The Labute approximate surface area is 146 Å². The second kappa shape index (κ2) is 8.61. The first-order chi connectivity index (χ1) is 11.5. The van der Waals surface area contributed by atoms with Crippen LogP contribution in [0.15, 0.2) is 41.8 Å². The van der Waals surface area contributed by atoms with Crippen LogP contribution in [0.4, 0.5) is 0 Å². The lowest BCUT2D eigenvalue weighted by Crippen LogP contribution is -2.39. The Morgan fingerprint density at radius 3 is 2.33 bits per heavy atom. The molecule has 0 spiro atoms. The Hall–Kier alpha value is -2.18. The molecule has 1 aromatic carbocycles. The number of thiophene rings is 1. The van der Waals surface area contributed by atoms with E-state index in [1.165, 1.54) is 16.9 Å². The van der Waals surface area contributed by atoms with Gasteiger partial charge >= 0.3 is 0 Å². The van der Waals surface area contributed by atoms with Crippen LogP contribution in [0.3, 0.4) is 0 Å². The van der Waals surface area contributed by atoms with Crippen LogP contribution in [0.5, 0.6) is 0 Å². The van der Waals surface area contributed by atoms with Crippen molar-refractivity contribution in [1.82, 2.24) is 10.6 Å². The Kier molecular flexibility index (Phi) is 6.52. The van der Waals surface area contributed by atoms with Crippen LogP contribution in [0.1, 0.15) is 46.6 Å². The summed E-state index contributed by atoms with van der Waals surface area (Å²) >= 11 is 1.34. The molecule has 1 unspecified atom stereocenters. The summed E-state index contributed by atoms with van der Waals surface area (Å²) in [6.45, 7) is 4.55. The monoisotopic (exact) mass is 345 g/mol. The summed E-state index contributed by atoms with van der Waals surface area (Å²) in [6.07, 6.45) is 0. The van der Waals surface area contributed by atoms with Crippen LogP contribution in [-0.4, -0.2) is 24.9 Å². The summed E-state index contributed by atoms with van der Waals surface area (Å²) in [5.74, 6) is -0.0233. The normalized spacial score (nSPS) is 12.0. The molecule has 0 aliphatic rings. The third-order valence-corrected chi connectivity index (χ3v) is 4.57. The molecule has 0 saturated heterocycles. The van der Waals surface area contributed by atoms with Crippen LogP contribution in [0, 0.1) is 0 Å². The van der Waals surface area contributed by atoms with Crippen molar-refractivity contribution in [1.29, 1.82) is 0 Å². The predicted octanol–water partition coefficient (Wildman–Crippen LogP) is 2.42. The standard InChI is InChI=1S/C18H23N3O2S/c1-12(2)13-5-7-14(8-6-13)15(19)10-20-17(22)11-21-18(23)16-4-3-9-24-16/h3-9,12,15H,10-11,19H2,1-2H3,(H,20,22)(H,21,23). The zero-order valence-electron chi connectivity index (χ0n) is 13.9. The average Bonchev–Trinajstić information content (AvgIpc) is 3.12. The second-order valence-electron chi connectivity index (χ2n) is 5.89. The van der Waals surface area contributed by atoms with Gasteiger partial charge in [-0.2, -0.15) is 0 Å². The molecule has 5 nitrogen and oxygen atoms in total. The van der Waals surface area contributed by atoms with Crippen molar-refractivity contribution in [3.05, 3.63) is 57.8 Å². The van der Waals surface area contributed by atoms with Crippen LogP contribution < -0.4 is 16.4 Å². The summed E-state index contributed by atoms with van der Waals surface area (Å²) in [6, 6.07) is 11.3. The molecule has 4 N–H and O–H groups in total. The molecule has 0 radical (unpaired) electrons. The number of amides is 2. The molecule has 0 saturated carbocycles. The van der Waals surface area contributed by atoms with E-state index in [0.29, 0.717) is 17.3 Å². The molecule has 2 aromatic rings. The quantitative estimate of drug-likeness (QED) is 0.720. The maximum absolute atomic E-state index is 11.8. The maximum Gasteiger partial charge on any atom is 0.261 e. The van der Waals surface area contributed by atoms with Crippen LogP contribution >= 0.6 is 11.3 Å². The predicted molar refractivity (Wildman–Crippen MR) is 97.1 cm³/mol. The van der Waals surface area contributed by atoms with Crippen LogP contribution in [-0.2, 0) is 4.79 Å². The Morgan fingerprint density at radius 1 is 1.08 bits per heavy atom. The van der Waals surface area contributed by atoms with E-state index < -0.39 is 0 Å². The van der Waals surface area contributed by atoms with E-state index in [1.54, 1.807) is 12.1 Å². The van der Waals surface area contributed by atoms with E-state index in [0.717, 1.165) is 5.56 Å². The van der Waals surface area contributed by atoms with Crippen molar-refractivity contribution in [2.24, 2.45) is 5.73 Å². The molecule has 0 aliphatic heterocycles. The number of carbonyl (C=O) groups is 2. The Balaban J connectivity index is 1.75. The fourth-order valence-electron chi connectivity index (χ4n) is 2.19. The van der Waals surface area contributed by atoms with E-state index >= 15 is 0 Å². The molecule has 1 aromatic heterocycles. The van der Waals surface area contributed by atoms with Gasteiger partial charge in [0.2, 0.25) is 5.91 Å². The lowest BCUT2D eigenvalue weighted by Gasteiger charge is -2.14. The molecule has 2 rings (SSSR count). The zero-order chi connectivity index (χ0) is 17.5. The third kappa shape index (κ3) is 5.18. The molecule has 0 aliphatic carbocycles. The first-order valence-electron chi connectivity index (χ1n) is 7.91. The number of hydrogen-bond acceptors (Lipinski definition) is 4. The van der Waals surface area contributed by atoms with E-state index in [2.05, 4.69) is 36.6 Å². The highest BCUT2D eigenvalue weighted by Crippen LogP contribution is 2.17. The van der Waals surface area contributed by atoms with Gasteiger partial charge in [0, 0.05) is 12.6 Å². The molecule has 6 heteroatoms. The largest absolute Gasteiger partial charge is 0.353 e. The summed E-state index contributed by atoms with van der Waals surface area (Å²) < 4.78 is 0. The minimum Gasteiger partial charge on any atom is -0.353 e. The number of nitrogens with one attached hydrogen (secondary N) is 2. The number of hydrogen-bond donors (Lipinski definition) is 3. The lowest BCUT2D eigenvalue weighted by atomic mass is 9.99. The van der Waals surface area contributed by atoms with Crippen molar-refractivity contribution in [3.63, 3.8) is 0 Å². The van der Waals surface area contributed by atoms with E-state index in [4.69, 9.17) is 5.73 Å². The number of rotatable bonds is 7. The smallest absolute Gasteiger partial charge is 0.261 e. The van der Waals surface area contributed by atoms with Gasteiger partial charge in [0.1, 0.15) is 0 Å². The third-order valence-electron chi connectivity index (χ3n) is 3.70. The molecule has 0 bridgehead atoms. The molecular formula is C18H23N3O2S. The lowest BCUT2D eigenvalue weighted by molar-refractivity contribution is -0.120. The van der Waals surface area contributed by atoms with Crippen molar-refractivity contribution < 1.29 is 9.59 Å². The van der Waals surface area contributed by atoms with Crippen molar-refractivity contribution in [2.75, 3.05) is 13.1 Å². The minimum atomic E-state index is -0.275. The van der Waals surface area contributed by atoms with Gasteiger partial charge in [-0.15, -0.1) is 11.3 Å². The topological polar surface area (TPSA) is 84.2 Å². The highest BCUT2D eigenvalue weighted by atomic mass is 32.1. The molecule has 128 valence electrons. The van der Waals surface area contributed by atoms with Crippen LogP contribution in [0.25, 0.3) is 0 Å². The summed E-state index contributed by atoms with van der Waals surface area (Å²) in [5, 5.41) is 7.15. The molecule has 24 heavy (non-hydrogen) atoms. The fourth-order valence-corrected chi connectivity index (χ4v) is 2.83. The highest BCUT2D eigenvalue weighted by Gasteiger charge is 2.11. The van der Waals surface area contributed by atoms with Gasteiger partial charge < -0.3 is 16.4 Å². The Bertz CT molecular complexity index is 666. The van der Waals surface area contributed by atoms with Crippen molar-refractivity contribution in [2.45, 2.75) is 25.8 Å². The van der Waals surface area contributed by atoms with E-state index in [-0.39, 0.29) is 24.4 Å². The Morgan fingerprint density at radius 2 is 1.75 bits per heavy atom. The van der Waals surface area contributed by atoms with E-state index in [1.807, 2.05) is 17.5 Å². The number of nitrogens with two attached hydrogens (primary N) is 1. The summed E-state index contributed by atoms with van der Waals surface area (Å²) in [5.41, 5.74) is 8.33. The van der Waals surface area contributed by atoms with Gasteiger partial charge in [-0.1, -0.05) is 44.2 Å². The molecule has 2 amide bonds. The van der Waals surface area contributed by atoms with Gasteiger partial charge in [-0.3, -0.25) is 9.59 Å². The summed E-state index contributed by atoms with van der Waals surface area (Å²) in [7, 11) is 0. The van der Waals surface area contributed by atoms with E-state index in [9.17, 15) is 9.59 Å². The van der Waals surface area contributed by atoms with Gasteiger partial charge in [0.05, 0.1) is 11.4 Å². The zero-order valence-corrected chi connectivity index (χ0v) is 14.7. The minimum absolute atomic E-state index is 0.0598. The SMILES string of the molecule is CC(C)c1ccc(C(N)CNC(=O)CNC(=O)c2cccs2)cc1. The first-order valence-corrected chi connectivity index (χ1v) is 8.79. The summed E-state index contributed by atoms with van der Waals surface area (Å²) in [4.78, 5) is 24.2. The molecular weight excluding hydrogens is 322 g/mol. The highest BCUT2D eigenvalue weighted by molar-refractivity contribution is 7.12. The van der Waals surface area contributed by atoms with Gasteiger partial charge in [-0.25, -0.2) is 0 Å². The van der Waals surface area contributed by atoms with Crippen LogP contribution in [0.2, 0.25) is 0 Å². The van der Waals surface area contributed by atoms with Gasteiger partial charge in [0.25, 0.3) is 5.91 Å². The maximum atomic E-state index is 11.8. The fraction of sp³-hybridized carbons (Fsp3) is 0.333. The average molecular weight is 345 g/mol. The second-order valence-corrected chi connectivity index (χ2v) is 6.84. The first kappa shape index (κ1) is 18.2. The molecule has 0 fully saturated rings. The van der Waals surface area contributed by atoms with Crippen molar-refractivity contribution >= 4 is 23.2 Å². The van der Waals surface area contributed by atoms with Crippen molar-refractivity contribution in [3.8, 4) is 0 Å². The number of carbonyl (C=O) groups excluding carboxylic acids is 2. The number of benzene rings is 1. The van der Waals surface area contributed by atoms with Gasteiger partial charge in [-0.05, 0) is 28.5 Å². The van der Waals surface area contributed by atoms with Gasteiger partial charge in [0.15, 0.2) is 0 Å².